The summed E-state index contributed by atoms with van der Waals surface area (Å²) in [7, 11) is -3.47. The Labute approximate surface area is 126 Å². The first-order chi connectivity index (χ1) is 9.42. The molecule has 0 aliphatic rings. The topological polar surface area (TPSA) is 85.1 Å². The predicted octanol–water partition coefficient (Wildman–Crippen LogP) is 2.48. The number of aromatic nitrogens is 1. The fraction of sp³-hybridized carbons (Fsp3) is 0.250. The molecular weight excluding hydrogens is 314 g/mol. The second kappa shape index (κ2) is 6.13. The van der Waals surface area contributed by atoms with Gasteiger partial charge in [0.15, 0.2) is 4.34 Å². The van der Waals surface area contributed by atoms with Crippen LogP contribution in [-0.2, 0) is 10.0 Å². The maximum Gasteiger partial charge on any atom is 0.240 e. The maximum atomic E-state index is 12.0. The Morgan fingerprint density at radius 2 is 2.20 bits per heavy atom. The minimum Gasteiger partial charge on any atom is -0.398 e. The number of nitrogens with two attached hydrogens (primary N) is 1. The summed E-state index contributed by atoms with van der Waals surface area (Å²) >= 11 is 2.88. The van der Waals surface area contributed by atoms with Crippen LogP contribution < -0.4 is 10.5 Å². The van der Waals surface area contributed by atoms with Crippen molar-refractivity contribution in [2.45, 2.75) is 28.0 Å². The molecule has 2 aromatic rings. The van der Waals surface area contributed by atoms with Crippen LogP contribution in [0.5, 0.6) is 0 Å². The SMILES string of the molecule is CCNS(=O)(=O)c1ccc(N)c(Sc2nc(C)cs2)c1. The number of aryl methyl sites for hydroxylation is 1. The summed E-state index contributed by atoms with van der Waals surface area (Å²) in [6.45, 7) is 4.00. The largest absolute Gasteiger partial charge is 0.398 e. The van der Waals surface area contributed by atoms with Gasteiger partial charge in [-0.2, -0.15) is 0 Å². The van der Waals surface area contributed by atoms with Gasteiger partial charge in [0.2, 0.25) is 10.0 Å². The van der Waals surface area contributed by atoms with Gasteiger partial charge in [0.25, 0.3) is 0 Å². The third-order valence-corrected chi connectivity index (χ3v) is 6.10. The quantitative estimate of drug-likeness (QED) is 0.823. The molecule has 20 heavy (non-hydrogen) atoms. The fourth-order valence-electron chi connectivity index (χ4n) is 1.52. The van der Waals surface area contributed by atoms with E-state index < -0.39 is 10.0 Å². The smallest absolute Gasteiger partial charge is 0.240 e. The van der Waals surface area contributed by atoms with Crippen molar-refractivity contribution in [1.29, 1.82) is 0 Å². The Kier molecular flexibility index (Phi) is 4.69. The number of hydrogen-bond acceptors (Lipinski definition) is 6. The van der Waals surface area contributed by atoms with Gasteiger partial charge in [-0.1, -0.05) is 18.7 Å². The first kappa shape index (κ1) is 15.3. The minimum atomic E-state index is -3.47. The molecule has 1 aromatic carbocycles. The van der Waals surface area contributed by atoms with Crippen molar-refractivity contribution in [3.63, 3.8) is 0 Å². The van der Waals surface area contributed by atoms with Gasteiger partial charge in [-0.3, -0.25) is 0 Å². The molecule has 0 saturated heterocycles. The van der Waals surface area contributed by atoms with Crippen molar-refractivity contribution in [1.82, 2.24) is 9.71 Å². The lowest BCUT2D eigenvalue weighted by atomic mass is 10.3. The molecule has 0 aliphatic heterocycles. The molecular formula is C12H15N3O2S3. The summed E-state index contributed by atoms with van der Waals surface area (Å²) in [4.78, 5) is 5.24. The summed E-state index contributed by atoms with van der Waals surface area (Å²) in [5.74, 6) is 0. The van der Waals surface area contributed by atoms with Crippen LogP contribution in [0.25, 0.3) is 0 Å². The van der Waals surface area contributed by atoms with E-state index in [2.05, 4.69) is 9.71 Å². The molecule has 0 radical (unpaired) electrons. The molecule has 0 atom stereocenters. The molecule has 2 rings (SSSR count). The molecule has 0 fully saturated rings. The Morgan fingerprint density at radius 1 is 1.45 bits per heavy atom. The van der Waals surface area contributed by atoms with Crippen LogP contribution in [0, 0.1) is 6.92 Å². The van der Waals surface area contributed by atoms with Gasteiger partial charge >= 0.3 is 0 Å². The van der Waals surface area contributed by atoms with Crippen LogP contribution in [0.4, 0.5) is 5.69 Å². The average molecular weight is 329 g/mol. The number of rotatable bonds is 5. The number of nitrogen functional groups attached to an aromatic ring is 1. The lowest BCUT2D eigenvalue weighted by molar-refractivity contribution is 0.583. The van der Waals surface area contributed by atoms with Crippen LogP contribution in [0.3, 0.4) is 0 Å². The van der Waals surface area contributed by atoms with E-state index in [-0.39, 0.29) is 4.90 Å². The van der Waals surface area contributed by atoms with Gasteiger partial charge < -0.3 is 5.73 Å². The van der Waals surface area contributed by atoms with E-state index in [1.54, 1.807) is 19.1 Å². The third kappa shape index (κ3) is 3.51. The van der Waals surface area contributed by atoms with Gasteiger partial charge in [-0.15, -0.1) is 11.3 Å². The third-order valence-electron chi connectivity index (χ3n) is 2.42. The number of benzene rings is 1. The second-order valence-corrected chi connectivity index (χ2v) is 7.97. The van der Waals surface area contributed by atoms with Gasteiger partial charge in [0, 0.05) is 28.2 Å². The highest BCUT2D eigenvalue weighted by Gasteiger charge is 2.15. The van der Waals surface area contributed by atoms with E-state index in [1.807, 2.05) is 12.3 Å². The summed E-state index contributed by atoms with van der Waals surface area (Å²) < 4.78 is 27.3. The van der Waals surface area contributed by atoms with E-state index in [9.17, 15) is 8.42 Å². The van der Waals surface area contributed by atoms with Crippen LogP contribution in [0.15, 0.2) is 37.7 Å². The number of sulfonamides is 1. The summed E-state index contributed by atoms with van der Waals surface area (Å²) in [5.41, 5.74) is 7.38. The molecule has 108 valence electrons. The number of nitrogens with zero attached hydrogens (tertiary/aromatic N) is 1. The number of hydrogen-bond donors (Lipinski definition) is 2. The Balaban J connectivity index is 2.34. The molecule has 1 heterocycles. The number of anilines is 1. The van der Waals surface area contributed by atoms with E-state index in [0.29, 0.717) is 17.1 Å². The average Bonchev–Trinajstić information content (AvgIpc) is 2.77. The molecule has 0 bridgehead atoms. The van der Waals surface area contributed by atoms with Crippen molar-refractivity contribution >= 4 is 38.8 Å². The van der Waals surface area contributed by atoms with E-state index in [1.165, 1.54) is 29.2 Å². The Morgan fingerprint density at radius 3 is 2.80 bits per heavy atom. The Hall–Kier alpha value is -1.09. The van der Waals surface area contributed by atoms with Crippen molar-refractivity contribution in [3.8, 4) is 0 Å². The highest BCUT2D eigenvalue weighted by atomic mass is 32.2. The molecule has 5 nitrogen and oxygen atoms in total. The molecule has 0 saturated carbocycles. The summed E-state index contributed by atoms with van der Waals surface area (Å²) in [6.07, 6.45) is 0. The lowest BCUT2D eigenvalue weighted by Gasteiger charge is -2.08. The van der Waals surface area contributed by atoms with Gasteiger partial charge in [0.05, 0.1) is 4.90 Å². The number of nitrogens with one attached hydrogen (secondary N) is 1. The van der Waals surface area contributed by atoms with Crippen molar-refractivity contribution in [3.05, 3.63) is 29.3 Å². The maximum absolute atomic E-state index is 12.0. The Bertz CT molecular complexity index is 710. The van der Waals surface area contributed by atoms with Crippen molar-refractivity contribution in [2.75, 3.05) is 12.3 Å². The van der Waals surface area contributed by atoms with E-state index in [4.69, 9.17) is 5.73 Å². The number of thiazole rings is 1. The van der Waals surface area contributed by atoms with Crippen LogP contribution >= 0.6 is 23.1 Å². The highest BCUT2D eigenvalue weighted by Crippen LogP contribution is 2.35. The normalized spacial score (nSPS) is 11.7. The van der Waals surface area contributed by atoms with E-state index >= 15 is 0 Å². The first-order valence-corrected chi connectivity index (χ1v) is 9.09. The minimum absolute atomic E-state index is 0.212. The molecule has 0 amide bonds. The molecule has 8 heteroatoms. The molecule has 3 N–H and O–H groups in total. The molecule has 0 aliphatic carbocycles. The van der Waals surface area contributed by atoms with Crippen molar-refractivity contribution in [2.24, 2.45) is 0 Å². The predicted molar refractivity (Wildman–Crippen MR) is 82.7 cm³/mol. The fourth-order valence-corrected chi connectivity index (χ4v) is 4.53. The zero-order chi connectivity index (χ0) is 14.8. The molecule has 0 unspecified atom stereocenters. The van der Waals surface area contributed by atoms with Crippen LogP contribution in [-0.4, -0.2) is 19.9 Å². The summed E-state index contributed by atoms with van der Waals surface area (Å²) in [5, 5.41) is 1.94. The van der Waals surface area contributed by atoms with Gasteiger partial charge in [-0.25, -0.2) is 18.1 Å². The highest BCUT2D eigenvalue weighted by molar-refractivity contribution is 8.01. The van der Waals surface area contributed by atoms with E-state index in [0.717, 1.165) is 10.0 Å². The standard InChI is InChI=1S/C12H15N3O2S3/c1-3-14-20(16,17)9-4-5-10(13)11(6-9)19-12-15-8(2)7-18-12/h4-7,14H,3,13H2,1-2H3. The second-order valence-electron chi connectivity index (χ2n) is 4.06. The summed E-state index contributed by atoms with van der Waals surface area (Å²) in [6, 6.07) is 4.69. The monoisotopic (exact) mass is 329 g/mol. The van der Waals surface area contributed by atoms with Gasteiger partial charge in [0.1, 0.15) is 0 Å². The van der Waals surface area contributed by atoms with Gasteiger partial charge in [-0.05, 0) is 25.1 Å². The molecule has 1 aromatic heterocycles. The van der Waals surface area contributed by atoms with Crippen molar-refractivity contribution < 1.29 is 8.42 Å². The zero-order valence-corrected chi connectivity index (χ0v) is 13.5. The van der Waals surface area contributed by atoms with Crippen LogP contribution in [0.2, 0.25) is 0 Å². The first-order valence-electron chi connectivity index (χ1n) is 5.91. The van der Waals surface area contributed by atoms with Crippen LogP contribution in [0.1, 0.15) is 12.6 Å². The molecule has 0 spiro atoms. The lowest BCUT2D eigenvalue weighted by Crippen LogP contribution is -2.23. The zero-order valence-electron chi connectivity index (χ0n) is 11.1.